The smallest absolute Gasteiger partial charge is 0.270 e. The van der Waals surface area contributed by atoms with Crippen molar-refractivity contribution in [3.8, 4) is 0 Å². The first-order valence-corrected chi connectivity index (χ1v) is 8.09. The van der Waals surface area contributed by atoms with Gasteiger partial charge in [-0.2, -0.15) is 0 Å². The third kappa shape index (κ3) is 2.44. The zero-order valence-corrected chi connectivity index (χ0v) is 13.5. The van der Waals surface area contributed by atoms with Gasteiger partial charge in [-0.1, -0.05) is 12.1 Å². The molecule has 0 aliphatic rings. The lowest BCUT2D eigenvalue weighted by molar-refractivity contribution is -0.384. The number of non-ortho nitro benzene ring substituents is 1. The van der Waals surface area contributed by atoms with Crippen LogP contribution in [0.4, 0.5) is 17.2 Å². The largest absolute Gasteiger partial charge is 0.339 e. The number of thiophene rings is 1. The molecule has 0 saturated carbocycles. The number of rotatable bonds is 3. The SMILES string of the molecule is Cc1cccc(Nc2ncnc3c2sc2ccc([N+](=O)[O-])cc23)c1. The van der Waals surface area contributed by atoms with E-state index in [1.807, 2.05) is 31.2 Å². The van der Waals surface area contributed by atoms with Crippen molar-refractivity contribution in [1.29, 1.82) is 0 Å². The zero-order valence-electron chi connectivity index (χ0n) is 12.7. The van der Waals surface area contributed by atoms with Gasteiger partial charge in [0.05, 0.1) is 15.1 Å². The van der Waals surface area contributed by atoms with Gasteiger partial charge < -0.3 is 5.32 Å². The van der Waals surface area contributed by atoms with Crippen molar-refractivity contribution < 1.29 is 4.92 Å². The molecule has 1 N–H and O–H groups in total. The lowest BCUT2D eigenvalue weighted by atomic mass is 10.2. The first-order valence-electron chi connectivity index (χ1n) is 7.27. The molecule has 2 aromatic heterocycles. The fourth-order valence-electron chi connectivity index (χ4n) is 2.63. The highest BCUT2D eigenvalue weighted by Crippen LogP contribution is 2.38. The molecule has 0 saturated heterocycles. The van der Waals surface area contributed by atoms with Crippen molar-refractivity contribution in [2.75, 3.05) is 5.32 Å². The number of aryl methyl sites for hydroxylation is 1. The van der Waals surface area contributed by atoms with Gasteiger partial charge in [-0.05, 0) is 30.7 Å². The second-order valence-corrected chi connectivity index (χ2v) is 6.49. The number of fused-ring (bicyclic) bond motifs is 3. The third-order valence-electron chi connectivity index (χ3n) is 3.73. The second-order valence-electron chi connectivity index (χ2n) is 5.43. The minimum atomic E-state index is -0.393. The van der Waals surface area contributed by atoms with E-state index >= 15 is 0 Å². The van der Waals surface area contributed by atoms with E-state index in [0.29, 0.717) is 5.82 Å². The van der Waals surface area contributed by atoms with Crippen LogP contribution in [0.3, 0.4) is 0 Å². The normalized spacial score (nSPS) is 11.0. The van der Waals surface area contributed by atoms with Gasteiger partial charge >= 0.3 is 0 Å². The van der Waals surface area contributed by atoms with E-state index in [2.05, 4.69) is 15.3 Å². The molecule has 2 aromatic carbocycles. The van der Waals surface area contributed by atoms with Gasteiger partial charge in [0.2, 0.25) is 0 Å². The summed E-state index contributed by atoms with van der Waals surface area (Å²) in [6.07, 6.45) is 1.48. The maximum absolute atomic E-state index is 11.0. The zero-order chi connectivity index (χ0) is 16.7. The van der Waals surface area contributed by atoms with Crippen molar-refractivity contribution in [3.63, 3.8) is 0 Å². The van der Waals surface area contributed by atoms with Gasteiger partial charge in [0, 0.05) is 27.9 Å². The molecule has 0 spiro atoms. The highest BCUT2D eigenvalue weighted by Gasteiger charge is 2.15. The summed E-state index contributed by atoms with van der Waals surface area (Å²) >= 11 is 1.52. The predicted molar refractivity (Wildman–Crippen MR) is 96.0 cm³/mol. The lowest BCUT2D eigenvalue weighted by Crippen LogP contribution is -1.94. The molecule has 0 aliphatic heterocycles. The number of hydrogen-bond donors (Lipinski definition) is 1. The summed E-state index contributed by atoms with van der Waals surface area (Å²) in [5.41, 5.74) is 2.88. The molecule has 6 nitrogen and oxygen atoms in total. The van der Waals surface area contributed by atoms with Gasteiger partial charge in [0.1, 0.15) is 6.33 Å². The summed E-state index contributed by atoms with van der Waals surface area (Å²) in [5, 5.41) is 15.1. The van der Waals surface area contributed by atoms with E-state index < -0.39 is 4.92 Å². The maximum atomic E-state index is 11.0. The number of nitro groups is 1. The Balaban J connectivity index is 1.88. The van der Waals surface area contributed by atoms with Gasteiger partial charge in [-0.15, -0.1) is 11.3 Å². The van der Waals surface area contributed by atoms with Crippen LogP contribution in [0.25, 0.3) is 20.3 Å². The predicted octanol–water partition coefficient (Wildman–Crippen LogP) is 4.80. The molecule has 0 amide bonds. The molecular weight excluding hydrogens is 324 g/mol. The molecule has 2 heterocycles. The van der Waals surface area contributed by atoms with Crippen LogP contribution in [0, 0.1) is 17.0 Å². The second kappa shape index (κ2) is 5.54. The first-order chi connectivity index (χ1) is 11.6. The highest BCUT2D eigenvalue weighted by molar-refractivity contribution is 7.26. The Morgan fingerprint density at radius 1 is 1.17 bits per heavy atom. The Kier molecular flexibility index (Phi) is 3.35. The molecule has 118 valence electrons. The van der Waals surface area contributed by atoms with Crippen molar-refractivity contribution in [1.82, 2.24) is 9.97 Å². The molecule has 0 unspecified atom stereocenters. The molecule has 0 bridgehead atoms. The fraction of sp³-hybridized carbons (Fsp3) is 0.0588. The van der Waals surface area contributed by atoms with Crippen LogP contribution < -0.4 is 5.32 Å². The summed E-state index contributed by atoms with van der Waals surface area (Å²) in [6.45, 7) is 2.03. The molecule has 4 aromatic rings. The Morgan fingerprint density at radius 2 is 2.04 bits per heavy atom. The van der Waals surface area contributed by atoms with E-state index in [0.717, 1.165) is 31.6 Å². The number of nitrogens with one attached hydrogen (secondary N) is 1. The van der Waals surface area contributed by atoms with Gasteiger partial charge in [-0.3, -0.25) is 10.1 Å². The Morgan fingerprint density at radius 3 is 2.83 bits per heavy atom. The molecule has 0 aliphatic carbocycles. The maximum Gasteiger partial charge on any atom is 0.270 e. The Bertz CT molecular complexity index is 1090. The number of nitro benzene ring substituents is 1. The van der Waals surface area contributed by atoms with Crippen LogP contribution in [-0.4, -0.2) is 14.9 Å². The van der Waals surface area contributed by atoms with Gasteiger partial charge in [0.25, 0.3) is 5.69 Å². The molecule has 7 heteroatoms. The van der Waals surface area contributed by atoms with E-state index in [4.69, 9.17) is 0 Å². The van der Waals surface area contributed by atoms with Crippen LogP contribution >= 0.6 is 11.3 Å². The monoisotopic (exact) mass is 336 g/mol. The Labute approximate surface area is 140 Å². The summed E-state index contributed by atoms with van der Waals surface area (Å²) in [6, 6.07) is 12.8. The molecule has 0 fully saturated rings. The number of benzene rings is 2. The minimum absolute atomic E-state index is 0.0639. The van der Waals surface area contributed by atoms with E-state index in [1.54, 1.807) is 12.1 Å². The van der Waals surface area contributed by atoms with E-state index in [-0.39, 0.29) is 5.69 Å². The quantitative estimate of drug-likeness (QED) is 0.429. The summed E-state index contributed by atoms with van der Waals surface area (Å²) in [7, 11) is 0. The molecular formula is C17H12N4O2S. The minimum Gasteiger partial charge on any atom is -0.339 e. The first kappa shape index (κ1) is 14.5. The average Bonchev–Trinajstić information content (AvgIpc) is 2.94. The molecule has 24 heavy (non-hydrogen) atoms. The van der Waals surface area contributed by atoms with E-state index in [9.17, 15) is 10.1 Å². The number of aromatic nitrogens is 2. The number of nitrogens with zero attached hydrogens (tertiary/aromatic N) is 3. The highest BCUT2D eigenvalue weighted by atomic mass is 32.1. The van der Waals surface area contributed by atoms with Crippen molar-refractivity contribution in [3.05, 3.63) is 64.5 Å². The van der Waals surface area contributed by atoms with Crippen LogP contribution in [0.1, 0.15) is 5.56 Å². The number of anilines is 2. The van der Waals surface area contributed by atoms with Gasteiger partial charge in [-0.25, -0.2) is 9.97 Å². The summed E-state index contributed by atoms with van der Waals surface area (Å²) < 4.78 is 1.83. The number of hydrogen-bond acceptors (Lipinski definition) is 6. The molecule has 0 atom stereocenters. The van der Waals surface area contributed by atoms with Crippen molar-refractivity contribution >= 4 is 48.8 Å². The average molecular weight is 336 g/mol. The van der Waals surface area contributed by atoms with Gasteiger partial charge in [0.15, 0.2) is 5.82 Å². The van der Waals surface area contributed by atoms with Crippen LogP contribution in [0.5, 0.6) is 0 Å². The van der Waals surface area contributed by atoms with Crippen LogP contribution in [-0.2, 0) is 0 Å². The third-order valence-corrected chi connectivity index (χ3v) is 4.89. The Hall–Kier alpha value is -3.06. The summed E-state index contributed by atoms with van der Waals surface area (Å²) in [4.78, 5) is 19.3. The van der Waals surface area contributed by atoms with Crippen LogP contribution in [0.2, 0.25) is 0 Å². The topological polar surface area (TPSA) is 81.0 Å². The summed E-state index contributed by atoms with van der Waals surface area (Å²) in [5.74, 6) is 0.703. The molecule has 4 rings (SSSR count). The standard InChI is InChI=1S/C17H12N4O2S/c1-10-3-2-4-11(7-10)20-17-16-15(18-9-19-17)13-8-12(21(22)23)5-6-14(13)24-16/h2-9H,1H3,(H,18,19,20). The van der Waals surface area contributed by atoms with Crippen molar-refractivity contribution in [2.24, 2.45) is 0 Å². The van der Waals surface area contributed by atoms with Crippen LogP contribution in [0.15, 0.2) is 48.8 Å². The van der Waals surface area contributed by atoms with Crippen molar-refractivity contribution in [2.45, 2.75) is 6.92 Å². The lowest BCUT2D eigenvalue weighted by Gasteiger charge is -2.06. The fourth-order valence-corrected chi connectivity index (χ4v) is 3.71. The van der Waals surface area contributed by atoms with E-state index in [1.165, 1.54) is 23.7 Å². The molecule has 0 radical (unpaired) electrons.